The molecule has 0 fully saturated rings. The fourth-order valence-electron chi connectivity index (χ4n) is 2.42. The SMILES string of the molecule is CC(=O)OCN1c2cc(OCCCCCl)ccc2CCC1O. The lowest BCUT2D eigenvalue weighted by atomic mass is 10.0. The molecule has 1 heterocycles. The van der Waals surface area contributed by atoms with Crippen LogP contribution in [0.4, 0.5) is 5.69 Å². The number of anilines is 1. The zero-order valence-corrected chi connectivity index (χ0v) is 13.5. The van der Waals surface area contributed by atoms with Crippen molar-refractivity contribution < 1.29 is 19.4 Å². The Kier molecular flexibility index (Phi) is 6.34. The fraction of sp³-hybridized carbons (Fsp3) is 0.562. The molecule has 1 aromatic rings. The lowest BCUT2D eigenvalue weighted by Gasteiger charge is -2.35. The fourth-order valence-corrected chi connectivity index (χ4v) is 2.60. The number of aliphatic hydroxyl groups is 1. The van der Waals surface area contributed by atoms with Crippen LogP contribution < -0.4 is 9.64 Å². The summed E-state index contributed by atoms with van der Waals surface area (Å²) in [6, 6.07) is 5.82. The van der Waals surface area contributed by atoms with Crippen LogP contribution in [-0.2, 0) is 16.0 Å². The summed E-state index contributed by atoms with van der Waals surface area (Å²) in [6.07, 6.45) is 2.58. The molecular weight excluding hydrogens is 306 g/mol. The number of fused-ring (bicyclic) bond motifs is 1. The second-order valence-corrected chi connectivity index (χ2v) is 5.67. The molecule has 6 heteroatoms. The molecule has 0 bridgehead atoms. The molecule has 1 atom stereocenters. The number of ether oxygens (including phenoxy) is 2. The summed E-state index contributed by atoms with van der Waals surface area (Å²) in [7, 11) is 0. The van der Waals surface area contributed by atoms with Crippen molar-refractivity contribution in [1.29, 1.82) is 0 Å². The summed E-state index contributed by atoms with van der Waals surface area (Å²) in [5.41, 5.74) is 1.97. The van der Waals surface area contributed by atoms with Gasteiger partial charge in [0.05, 0.1) is 6.61 Å². The van der Waals surface area contributed by atoms with E-state index >= 15 is 0 Å². The van der Waals surface area contributed by atoms with Gasteiger partial charge in [0.2, 0.25) is 0 Å². The van der Waals surface area contributed by atoms with Gasteiger partial charge in [0.1, 0.15) is 12.0 Å². The number of halogens is 1. The van der Waals surface area contributed by atoms with E-state index in [2.05, 4.69) is 0 Å². The third-order valence-electron chi connectivity index (χ3n) is 3.60. The molecule has 1 unspecified atom stereocenters. The topological polar surface area (TPSA) is 59.0 Å². The van der Waals surface area contributed by atoms with Crippen molar-refractivity contribution in [3.8, 4) is 5.75 Å². The number of carbonyl (C=O) groups is 1. The van der Waals surface area contributed by atoms with Crippen LogP contribution in [0.25, 0.3) is 0 Å². The first-order chi connectivity index (χ1) is 10.6. The van der Waals surface area contributed by atoms with Gasteiger partial charge in [0.25, 0.3) is 0 Å². The molecule has 0 spiro atoms. The second kappa shape index (κ2) is 8.25. The molecule has 0 saturated heterocycles. The smallest absolute Gasteiger partial charge is 0.304 e. The minimum absolute atomic E-state index is 0.0409. The molecule has 22 heavy (non-hydrogen) atoms. The Bertz CT molecular complexity index is 509. The molecule has 0 radical (unpaired) electrons. The van der Waals surface area contributed by atoms with Crippen LogP contribution in [0.2, 0.25) is 0 Å². The van der Waals surface area contributed by atoms with Gasteiger partial charge < -0.3 is 19.5 Å². The Morgan fingerprint density at radius 3 is 3.00 bits per heavy atom. The maximum Gasteiger partial charge on any atom is 0.304 e. The third kappa shape index (κ3) is 4.52. The molecule has 0 saturated carbocycles. The quantitative estimate of drug-likeness (QED) is 0.474. The van der Waals surface area contributed by atoms with Crippen LogP contribution in [0, 0.1) is 0 Å². The molecule has 1 N–H and O–H groups in total. The molecule has 0 aliphatic carbocycles. The first kappa shape index (κ1) is 16.9. The van der Waals surface area contributed by atoms with E-state index in [1.54, 1.807) is 4.90 Å². The first-order valence-corrected chi connectivity index (χ1v) is 8.05. The van der Waals surface area contributed by atoms with Crippen LogP contribution in [0.1, 0.15) is 31.7 Å². The number of nitrogens with zero attached hydrogens (tertiary/aromatic N) is 1. The number of esters is 1. The summed E-state index contributed by atoms with van der Waals surface area (Å²) < 4.78 is 10.7. The molecule has 122 valence electrons. The van der Waals surface area contributed by atoms with Crippen LogP contribution >= 0.6 is 11.6 Å². The van der Waals surface area contributed by atoms with Gasteiger partial charge in [0, 0.05) is 24.6 Å². The average molecular weight is 328 g/mol. The molecule has 1 aliphatic rings. The number of unbranched alkanes of at least 4 members (excludes halogenated alkanes) is 1. The normalized spacial score (nSPS) is 17.0. The van der Waals surface area contributed by atoms with Crippen molar-refractivity contribution in [2.24, 2.45) is 0 Å². The van der Waals surface area contributed by atoms with Gasteiger partial charge in [-0.3, -0.25) is 4.79 Å². The van der Waals surface area contributed by atoms with E-state index < -0.39 is 6.23 Å². The predicted octanol–water partition coefficient (Wildman–Crippen LogP) is 2.68. The summed E-state index contributed by atoms with van der Waals surface area (Å²) in [5.74, 6) is 1.01. The van der Waals surface area contributed by atoms with Crippen LogP contribution in [0.15, 0.2) is 18.2 Å². The maximum absolute atomic E-state index is 11.0. The van der Waals surface area contributed by atoms with Gasteiger partial charge >= 0.3 is 5.97 Å². The summed E-state index contributed by atoms with van der Waals surface area (Å²) in [5, 5.41) is 10.1. The summed E-state index contributed by atoms with van der Waals surface area (Å²) in [6.45, 7) is 2.00. The zero-order chi connectivity index (χ0) is 15.9. The predicted molar refractivity (Wildman–Crippen MR) is 85.3 cm³/mol. The number of aliphatic hydroxyl groups excluding tert-OH is 1. The van der Waals surface area contributed by atoms with Gasteiger partial charge in [-0.25, -0.2) is 0 Å². The molecule has 1 aromatic carbocycles. The number of carbonyl (C=O) groups excluding carboxylic acids is 1. The lowest BCUT2D eigenvalue weighted by Crippen LogP contribution is -2.41. The summed E-state index contributed by atoms with van der Waals surface area (Å²) in [4.78, 5) is 12.7. The minimum Gasteiger partial charge on any atom is -0.494 e. The van der Waals surface area contributed by atoms with Crippen LogP contribution in [0.5, 0.6) is 5.75 Å². The van der Waals surface area contributed by atoms with Gasteiger partial charge in [-0.2, -0.15) is 0 Å². The van der Waals surface area contributed by atoms with Crippen LogP contribution in [-0.4, -0.2) is 36.5 Å². The monoisotopic (exact) mass is 327 g/mol. The van der Waals surface area contributed by atoms with E-state index in [9.17, 15) is 9.90 Å². The van der Waals surface area contributed by atoms with E-state index in [0.29, 0.717) is 18.9 Å². The number of aryl methyl sites for hydroxylation is 1. The van der Waals surface area contributed by atoms with Crippen molar-refractivity contribution in [2.45, 2.75) is 38.8 Å². The van der Waals surface area contributed by atoms with E-state index in [4.69, 9.17) is 21.1 Å². The van der Waals surface area contributed by atoms with Gasteiger partial charge in [-0.15, -0.1) is 11.6 Å². The molecular formula is C16H22ClNO4. The van der Waals surface area contributed by atoms with Crippen molar-refractivity contribution in [2.75, 3.05) is 24.1 Å². The van der Waals surface area contributed by atoms with Gasteiger partial charge in [0.15, 0.2) is 6.73 Å². The molecule has 2 rings (SSSR count). The number of rotatable bonds is 7. The molecule has 5 nitrogen and oxygen atoms in total. The largest absolute Gasteiger partial charge is 0.494 e. The Labute approximate surface area is 135 Å². The van der Waals surface area contributed by atoms with Crippen molar-refractivity contribution in [3.63, 3.8) is 0 Å². The number of benzene rings is 1. The number of hydrogen-bond acceptors (Lipinski definition) is 5. The highest BCUT2D eigenvalue weighted by Crippen LogP contribution is 2.33. The maximum atomic E-state index is 11.0. The number of alkyl halides is 1. The van der Waals surface area contributed by atoms with E-state index in [-0.39, 0.29) is 12.7 Å². The molecule has 1 aliphatic heterocycles. The van der Waals surface area contributed by atoms with E-state index in [1.807, 2.05) is 18.2 Å². The Morgan fingerprint density at radius 1 is 1.45 bits per heavy atom. The minimum atomic E-state index is -0.654. The van der Waals surface area contributed by atoms with E-state index in [1.165, 1.54) is 6.92 Å². The van der Waals surface area contributed by atoms with Crippen molar-refractivity contribution in [3.05, 3.63) is 23.8 Å². The highest BCUT2D eigenvalue weighted by atomic mass is 35.5. The Balaban J connectivity index is 2.08. The molecule has 0 aromatic heterocycles. The third-order valence-corrected chi connectivity index (χ3v) is 3.87. The highest BCUT2D eigenvalue weighted by Gasteiger charge is 2.25. The van der Waals surface area contributed by atoms with Crippen molar-refractivity contribution >= 4 is 23.3 Å². The zero-order valence-electron chi connectivity index (χ0n) is 12.8. The van der Waals surface area contributed by atoms with Crippen LogP contribution in [0.3, 0.4) is 0 Å². The van der Waals surface area contributed by atoms with Crippen molar-refractivity contribution in [1.82, 2.24) is 0 Å². The Morgan fingerprint density at radius 2 is 2.27 bits per heavy atom. The second-order valence-electron chi connectivity index (χ2n) is 5.29. The lowest BCUT2D eigenvalue weighted by molar-refractivity contribution is -0.141. The molecule has 0 amide bonds. The standard InChI is InChI=1S/C16H22ClNO4/c1-12(19)22-11-18-15-10-14(21-9-3-2-8-17)6-4-13(15)5-7-16(18)20/h4,6,10,16,20H,2-3,5,7-9,11H2,1H3. The Hall–Kier alpha value is -1.46. The van der Waals surface area contributed by atoms with E-state index in [0.717, 1.165) is 36.3 Å². The average Bonchev–Trinajstić information content (AvgIpc) is 2.50. The first-order valence-electron chi connectivity index (χ1n) is 7.51. The summed E-state index contributed by atoms with van der Waals surface area (Å²) >= 11 is 5.64. The van der Waals surface area contributed by atoms with Gasteiger partial charge in [-0.1, -0.05) is 6.07 Å². The number of hydrogen-bond donors (Lipinski definition) is 1. The van der Waals surface area contributed by atoms with Gasteiger partial charge in [-0.05, 0) is 37.3 Å². The highest BCUT2D eigenvalue weighted by molar-refractivity contribution is 6.17.